The van der Waals surface area contributed by atoms with E-state index in [0.29, 0.717) is 0 Å². The summed E-state index contributed by atoms with van der Waals surface area (Å²) in [5.74, 6) is 0. The van der Waals surface area contributed by atoms with Gasteiger partial charge in [0.25, 0.3) is 0 Å². The number of rotatable bonds is 0. The van der Waals surface area contributed by atoms with Crippen molar-refractivity contribution in [2.75, 3.05) is 0 Å². The van der Waals surface area contributed by atoms with Gasteiger partial charge >= 0.3 is 95.8 Å². The van der Waals surface area contributed by atoms with Crippen LogP contribution in [-0.4, -0.2) is 30.6 Å². The zero-order valence-electron chi connectivity index (χ0n) is 7.51. The molecule has 0 fully saturated rings. The van der Waals surface area contributed by atoms with Gasteiger partial charge in [-0.2, -0.15) is 0 Å². The van der Waals surface area contributed by atoms with Crippen LogP contribution < -0.4 is 8.70 Å². The van der Waals surface area contributed by atoms with Crippen molar-refractivity contribution < 1.29 is 0 Å². The van der Waals surface area contributed by atoms with Gasteiger partial charge in [0, 0.05) is 0 Å². The third kappa shape index (κ3) is 1.47. The Hall–Kier alpha value is -0.443. The van der Waals surface area contributed by atoms with Crippen LogP contribution in [0.2, 0.25) is 0 Å². The van der Waals surface area contributed by atoms with Crippen LogP contribution in [0.1, 0.15) is 0 Å². The third-order valence-electron chi connectivity index (χ3n) is 2.25. The molecular weight excluding hydrogens is 294 g/mol. The van der Waals surface area contributed by atoms with Gasteiger partial charge in [0.2, 0.25) is 0 Å². The molecular formula is C12H8As2. The Balaban J connectivity index is 2.42. The van der Waals surface area contributed by atoms with Gasteiger partial charge in [0.1, 0.15) is 0 Å². The molecule has 0 saturated heterocycles. The molecule has 66 valence electrons. The Morgan fingerprint density at radius 3 is 1.50 bits per heavy atom. The monoisotopic (exact) mass is 302 g/mol. The van der Waals surface area contributed by atoms with E-state index in [-0.39, 0.29) is 30.6 Å². The van der Waals surface area contributed by atoms with Crippen LogP contribution in [-0.2, 0) is 0 Å². The molecule has 0 aliphatic carbocycles. The standard InChI is InChI=1S/C12H8As2/c1-2-6-10-9(5-1)13-11-7-3-4-8-12(11)14-10/h1-8H. The molecule has 0 nitrogen and oxygen atoms in total. The van der Waals surface area contributed by atoms with Gasteiger partial charge in [-0.3, -0.25) is 0 Å². The first kappa shape index (κ1) is 8.83. The predicted octanol–water partition coefficient (Wildman–Crippen LogP) is 0.561. The minimum atomic E-state index is 0.251. The molecule has 0 aromatic heterocycles. The van der Waals surface area contributed by atoms with Gasteiger partial charge < -0.3 is 0 Å². The second-order valence-corrected chi connectivity index (χ2v) is 8.18. The Morgan fingerprint density at radius 1 is 0.571 bits per heavy atom. The average molecular weight is 302 g/mol. The Kier molecular flexibility index (Phi) is 2.28. The quantitative estimate of drug-likeness (QED) is 0.532. The SMILES string of the molecule is c1ccc2c(c1)[As]=c1ccccc1=[As]2. The first-order valence-corrected chi connectivity index (χ1v) is 8.30. The molecule has 0 bridgehead atoms. The summed E-state index contributed by atoms with van der Waals surface area (Å²) in [5.41, 5.74) is 0. The van der Waals surface area contributed by atoms with E-state index in [0.717, 1.165) is 0 Å². The molecule has 1 aliphatic heterocycles. The normalized spacial score (nSPS) is 14.3. The number of hydrogen-bond acceptors (Lipinski definition) is 0. The summed E-state index contributed by atoms with van der Waals surface area (Å²) in [7, 11) is 0. The molecule has 2 aromatic carbocycles. The second kappa shape index (κ2) is 3.61. The maximum atomic E-state index is 2.31. The van der Waals surface area contributed by atoms with Gasteiger partial charge in [-0.05, 0) is 0 Å². The first-order chi connectivity index (χ1) is 6.93. The van der Waals surface area contributed by atoms with E-state index in [1.807, 2.05) is 0 Å². The summed E-state index contributed by atoms with van der Waals surface area (Å²) < 4.78 is 6.51. The first-order valence-electron chi connectivity index (χ1n) is 4.55. The molecule has 0 atom stereocenters. The predicted molar refractivity (Wildman–Crippen MR) is 61.3 cm³/mol. The molecule has 0 saturated carbocycles. The third-order valence-corrected chi connectivity index (χ3v) is 9.20. The molecule has 1 heterocycles. The summed E-state index contributed by atoms with van der Waals surface area (Å²) >= 11 is 0.501. The summed E-state index contributed by atoms with van der Waals surface area (Å²) in [6.07, 6.45) is 0. The van der Waals surface area contributed by atoms with E-state index < -0.39 is 0 Å². The van der Waals surface area contributed by atoms with E-state index in [9.17, 15) is 0 Å². The van der Waals surface area contributed by atoms with Crippen LogP contribution in [0.25, 0.3) is 0 Å². The molecule has 0 spiro atoms. The van der Waals surface area contributed by atoms with Crippen LogP contribution in [0, 0.1) is 7.90 Å². The van der Waals surface area contributed by atoms with E-state index in [4.69, 9.17) is 0 Å². The van der Waals surface area contributed by atoms with Gasteiger partial charge in [0.15, 0.2) is 0 Å². The molecule has 1 aliphatic rings. The molecule has 0 unspecified atom stereocenters. The van der Waals surface area contributed by atoms with E-state index in [2.05, 4.69) is 48.5 Å². The Bertz CT molecular complexity index is 546. The van der Waals surface area contributed by atoms with Crippen LogP contribution >= 0.6 is 0 Å². The molecule has 2 aromatic rings. The molecule has 3 rings (SSSR count). The van der Waals surface area contributed by atoms with Crippen molar-refractivity contribution in [3.63, 3.8) is 0 Å². The summed E-state index contributed by atoms with van der Waals surface area (Å²) in [6.45, 7) is 0. The maximum absolute atomic E-state index is 2.31. The van der Waals surface area contributed by atoms with Crippen molar-refractivity contribution >= 4 is 39.3 Å². The molecule has 2 heteroatoms. The van der Waals surface area contributed by atoms with Crippen molar-refractivity contribution in [1.82, 2.24) is 0 Å². The number of benzene rings is 2. The van der Waals surface area contributed by atoms with E-state index >= 15 is 0 Å². The van der Waals surface area contributed by atoms with Gasteiger partial charge in [0.05, 0.1) is 0 Å². The number of fused-ring (bicyclic) bond motifs is 2. The topological polar surface area (TPSA) is 0 Å². The zero-order chi connectivity index (χ0) is 9.38. The van der Waals surface area contributed by atoms with Crippen LogP contribution in [0.3, 0.4) is 0 Å². The molecule has 0 radical (unpaired) electrons. The fourth-order valence-electron chi connectivity index (χ4n) is 1.57. The fourth-order valence-corrected chi connectivity index (χ4v) is 7.77. The van der Waals surface area contributed by atoms with Crippen molar-refractivity contribution in [3.8, 4) is 0 Å². The zero-order valence-corrected chi connectivity index (χ0v) is 11.3. The minimum absolute atomic E-state index is 0.251. The fraction of sp³-hybridized carbons (Fsp3) is 0. The summed E-state index contributed by atoms with van der Waals surface area (Å²) in [5, 5.41) is 0. The molecule has 14 heavy (non-hydrogen) atoms. The van der Waals surface area contributed by atoms with Crippen LogP contribution in [0.5, 0.6) is 0 Å². The van der Waals surface area contributed by atoms with Gasteiger partial charge in [-0.25, -0.2) is 0 Å². The molecule has 0 amide bonds. The number of hydrogen-bond donors (Lipinski definition) is 0. The Labute approximate surface area is 95.4 Å². The van der Waals surface area contributed by atoms with Crippen molar-refractivity contribution in [1.29, 1.82) is 0 Å². The summed E-state index contributed by atoms with van der Waals surface area (Å²) in [6, 6.07) is 17.9. The average Bonchev–Trinajstić information content (AvgIpc) is 2.26. The van der Waals surface area contributed by atoms with Crippen molar-refractivity contribution in [2.24, 2.45) is 0 Å². The summed E-state index contributed by atoms with van der Waals surface area (Å²) in [4.78, 5) is 0. The van der Waals surface area contributed by atoms with Crippen molar-refractivity contribution in [2.45, 2.75) is 0 Å². The van der Waals surface area contributed by atoms with Gasteiger partial charge in [-0.1, -0.05) is 0 Å². The molecule has 0 N–H and O–H groups in total. The van der Waals surface area contributed by atoms with E-state index in [1.165, 1.54) is 0 Å². The van der Waals surface area contributed by atoms with E-state index in [1.54, 1.807) is 16.6 Å². The van der Waals surface area contributed by atoms with Crippen LogP contribution in [0.4, 0.5) is 0 Å². The van der Waals surface area contributed by atoms with Crippen LogP contribution in [0.15, 0.2) is 48.5 Å². The van der Waals surface area contributed by atoms with Crippen molar-refractivity contribution in [3.05, 3.63) is 56.4 Å². The van der Waals surface area contributed by atoms with Gasteiger partial charge in [-0.15, -0.1) is 0 Å². The Morgan fingerprint density at radius 2 is 1.00 bits per heavy atom. The second-order valence-electron chi connectivity index (χ2n) is 3.20.